The van der Waals surface area contributed by atoms with Gasteiger partial charge < -0.3 is 21.3 Å². The van der Waals surface area contributed by atoms with Gasteiger partial charge in [-0.3, -0.25) is 14.4 Å². The maximum atomic E-state index is 13.5. The molecule has 1 saturated carbocycles. The van der Waals surface area contributed by atoms with Crippen molar-refractivity contribution in [2.45, 2.75) is 62.4 Å². The minimum Gasteiger partial charge on any atom is -0.368 e. The molecule has 4 atom stereocenters. The van der Waals surface area contributed by atoms with Crippen molar-refractivity contribution in [3.63, 3.8) is 0 Å². The van der Waals surface area contributed by atoms with Gasteiger partial charge in [0.25, 0.3) is 0 Å². The zero-order valence-corrected chi connectivity index (χ0v) is 16.2. The third kappa shape index (κ3) is 2.96. The Morgan fingerprint density at radius 3 is 2.64 bits per heavy atom. The summed E-state index contributed by atoms with van der Waals surface area (Å²) in [6.45, 7) is 1.80. The molecule has 3 heterocycles. The smallest absolute Gasteiger partial charge is 0.244 e. The fourth-order valence-corrected chi connectivity index (χ4v) is 5.47. The first-order chi connectivity index (χ1) is 13.4. The predicted molar refractivity (Wildman–Crippen MR) is 100 cm³/mol. The highest BCUT2D eigenvalue weighted by Gasteiger charge is 2.60. The highest BCUT2D eigenvalue weighted by Crippen LogP contribution is 2.47. The van der Waals surface area contributed by atoms with Crippen molar-refractivity contribution in [3.8, 4) is 6.07 Å². The van der Waals surface area contributed by atoms with Crippen LogP contribution in [0.5, 0.6) is 0 Å². The van der Waals surface area contributed by atoms with Crippen LogP contribution in [0.25, 0.3) is 0 Å². The van der Waals surface area contributed by atoms with Crippen LogP contribution in [0.2, 0.25) is 0 Å². The molecule has 0 radical (unpaired) electrons. The van der Waals surface area contributed by atoms with Crippen LogP contribution in [0, 0.1) is 29.1 Å². The Morgan fingerprint density at radius 2 is 2.11 bits per heavy atom. The van der Waals surface area contributed by atoms with Gasteiger partial charge in [-0.15, -0.1) is 0 Å². The van der Waals surface area contributed by atoms with Crippen molar-refractivity contribution in [2.75, 3.05) is 19.6 Å². The minimum atomic E-state index is -1.33. The van der Waals surface area contributed by atoms with Crippen LogP contribution in [0.15, 0.2) is 0 Å². The summed E-state index contributed by atoms with van der Waals surface area (Å²) in [7, 11) is 0. The number of nitrogens with zero attached hydrogens (tertiary/aromatic N) is 2. The van der Waals surface area contributed by atoms with Gasteiger partial charge in [-0.1, -0.05) is 12.8 Å². The van der Waals surface area contributed by atoms with E-state index in [9.17, 15) is 19.6 Å². The fraction of sp³-hybridized carbons (Fsp3) is 0.800. The molecule has 0 bridgehead atoms. The first kappa shape index (κ1) is 19.2. The Labute approximate surface area is 165 Å². The van der Waals surface area contributed by atoms with Crippen LogP contribution in [0.1, 0.15) is 51.4 Å². The summed E-state index contributed by atoms with van der Waals surface area (Å²) in [5.74, 6) is -1.56. The Bertz CT molecular complexity index is 722. The number of nitriles is 1. The molecule has 4 fully saturated rings. The van der Waals surface area contributed by atoms with Crippen molar-refractivity contribution in [1.82, 2.24) is 15.5 Å². The van der Waals surface area contributed by atoms with Gasteiger partial charge >= 0.3 is 0 Å². The van der Waals surface area contributed by atoms with Crippen LogP contribution in [0.4, 0.5) is 0 Å². The zero-order valence-electron chi connectivity index (χ0n) is 16.2. The number of nitrogens with one attached hydrogen (secondary N) is 2. The minimum absolute atomic E-state index is 0.0771. The average molecular weight is 387 g/mol. The maximum Gasteiger partial charge on any atom is 0.244 e. The molecule has 0 aromatic heterocycles. The molecule has 0 aromatic rings. The molecule has 3 aliphatic heterocycles. The third-order valence-corrected chi connectivity index (χ3v) is 7.28. The van der Waals surface area contributed by atoms with Gasteiger partial charge in [0.1, 0.15) is 5.54 Å². The van der Waals surface area contributed by atoms with E-state index in [0.717, 1.165) is 32.2 Å². The molecule has 1 spiro atoms. The molecule has 4 aliphatic rings. The number of hydrogen-bond donors (Lipinski definition) is 3. The summed E-state index contributed by atoms with van der Waals surface area (Å²) in [6, 6.07) is 2.29. The lowest BCUT2D eigenvalue weighted by atomic mass is 9.73. The van der Waals surface area contributed by atoms with Gasteiger partial charge in [0.05, 0.1) is 17.5 Å². The van der Waals surface area contributed by atoms with E-state index in [0.29, 0.717) is 38.3 Å². The van der Waals surface area contributed by atoms with Gasteiger partial charge in [0.15, 0.2) is 0 Å². The topological polar surface area (TPSA) is 128 Å². The van der Waals surface area contributed by atoms with Crippen molar-refractivity contribution >= 4 is 17.7 Å². The molecule has 152 valence electrons. The van der Waals surface area contributed by atoms with Gasteiger partial charge in [-0.25, -0.2) is 0 Å². The number of primary amides is 1. The SMILES string of the molecule is N#C[C@@H](C[C@H]1CCNC1=O)C(CC1CC1)(C(N)=O)N1CCC2(CCCN2)C1=O. The summed E-state index contributed by atoms with van der Waals surface area (Å²) in [5, 5.41) is 16.2. The molecule has 2 unspecified atom stereocenters. The molecule has 4 rings (SSSR count). The van der Waals surface area contributed by atoms with Crippen molar-refractivity contribution in [2.24, 2.45) is 23.5 Å². The second-order valence-electron chi connectivity index (χ2n) is 8.95. The van der Waals surface area contributed by atoms with Gasteiger partial charge in [0.2, 0.25) is 17.7 Å². The summed E-state index contributed by atoms with van der Waals surface area (Å²) < 4.78 is 0. The standard InChI is InChI=1S/C20H29N5O3/c21-12-15(10-14-4-8-23-16(14)26)20(17(22)27,11-13-2-3-13)25-9-6-19(18(25)28)5-1-7-24-19/h13-15,24H,1-11H2,(H2,22,27)(H,23,26)/t14-,15-,19?,20?/m1/s1. The highest BCUT2D eigenvalue weighted by atomic mass is 16.2. The summed E-state index contributed by atoms with van der Waals surface area (Å²) in [4.78, 5) is 40.1. The second kappa shape index (κ2) is 7.03. The molecule has 28 heavy (non-hydrogen) atoms. The number of nitrogens with two attached hydrogens (primary N) is 1. The van der Waals surface area contributed by atoms with Crippen LogP contribution in [-0.2, 0) is 14.4 Å². The van der Waals surface area contributed by atoms with Gasteiger partial charge in [-0.05, 0) is 51.0 Å². The number of amides is 3. The van der Waals surface area contributed by atoms with Gasteiger partial charge in [0, 0.05) is 19.0 Å². The van der Waals surface area contributed by atoms with Crippen molar-refractivity contribution in [1.29, 1.82) is 5.26 Å². The lowest BCUT2D eigenvalue weighted by molar-refractivity contribution is -0.149. The van der Waals surface area contributed by atoms with E-state index in [-0.39, 0.29) is 24.2 Å². The van der Waals surface area contributed by atoms with E-state index < -0.39 is 22.9 Å². The molecule has 1 aliphatic carbocycles. The Kier molecular flexibility index (Phi) is 4.82. The first-order valence-corrected chi connectivity index (χ1v) is 10.5. The molecule has 8 nitrogen and oxygen atoms in total. The quantitative estimate of drug-likeness (QED) is 0.568. The van der Waals surface area contributed by atoms with Crippen molar-refractivity contribution < 1.29 is 14.4 Å². The van der Waals surface area contributed by atoms with Crippen LogP contribution < -0.4 is 16.4 Å². The normalized spacial score (nSPS) is 33.0. The Morgan fingerprint density at radius 1 is 1.32 bits per heavy atom. The fourth-order valence-electron chi connectivity index (χ4n) is 5.47. The molecule has 0 aromatic carbocycles. The summed E-state index contributed by atoms with van der Waals surface area (Å²) >= 11 is 0. The molecule has 3 saturated heterocycles. The largest absolute Gasteiger partial charge is 0.368 e. The highest BCUT2D eigenvalue weighted by molar-refractivity contribution is 5.96. The number of carbonyl (C=O) groups excluding carboxylic acids is 3. The van der Waals surface area contributed by atoms with Crippen molar-refractivity contribution in [3.05, 3.63) is 0 Å². The van der Waals surface area contributed by atoms with E-state index in [1.165, 1.54) is 0 Å². The average Bonchev–Trinajstić information content (AvgIpc) is 3.05. The van der Waals surface area contributed by atoms with E-state index in [1.54, 1.807) is 4.90 Å². The predicted octanol–water partition coefficient (Wildman–Crippen LogP) is 0.0311. The molecular formula is C20H29N5O3. The molecular weight excluding hydrogens is 358 g/mol. The number of carbonyl (C=O) groups is 3. The number of hydrogen-bond acceptors (Lipinski definition) is 5. The zero-order chi connectivity index (χ0) is 19.9. The number of likely N-dealkylation sites (tertiary alicyclic amines) is 1. The van der Waals surface area contributed by atoms with Crippen LogP contribution >= 0.6 is 0 Å². The van der Waals surface area contributed by atoms with Crippen LogP contribution in [0.3, 0.4) is 0 Å². The monoisotopic (exact) mass is 387 g/mol. The first-order valence-electron chi connectivity index (χ1n) is 10.5. The van der Waals surface area contributed by atoms with E-state index in [2.05, 4.69) is 16.7 Å². The number of rotatable bonds is 7. The molecule has 8 heteroatoms. The lowest BCUT2D eigenvalue weighted by Gasteiger charge is -2.44. The molecule has 3 amide bonds. The molecule has 4 N–H and O–H groups in total. The summed E-state index contributed by atoms with van der Waals surface area (Å²) in [6.07, 6.45) is 5.63. The van der Waals surface area contributed by atoms with Gasteiger partial charge in [-0.2, -0.15) is 5.26 Å². The Hall–Kier alpha value is -2.14. The summed E-state index contributed by atoms with van der Waals surface area (Å²) in [5.41, 5.74) is 4.01. The van der Waals surface area contributed by atoms with E-state index in [4.69, 9.17) is 5.73 Å². The van der Waals surface area contributed by atoms with E-state index in [1.807, 2.05) is 0 Å². The van der Waals surface area contributed by atoms with E-state index >= 15 is 0 Å². The Balaban J connectivity index is 1.69. The third-order valence-electron chi connectivity index (χ3n) is 7.28. The lowest BCUT2D eigenvalue weighted by Crippen LogP contribution is -2.65. The second-order valence-corrected chi connectivity index (χ2v) is 8.95. The van der Waals surface area contributed by atoms with Crippen LogP contribution in [-0.4, -0.2) is 53.3 Å². The maximum absolute atomic E-state index is 13.5.